The van der Waals surface area contributed by atoms with E-state index in [0.717, 1.165) is 22.5 Å². The number of piperidine rings is 1. The highest BCUT2D eigenvalue weighted by Crippen LogP contribution is 2.29. The molecule has 6 nitrogen and oxygen atoms in total. The van der Waals surface area contributed by atoms with Gasteiger partial charge in [-0.3, -0.25) is 4.98 Å². The molecular formula is C20H23FN6. The van der Waals surface area contributed by atoms with E-state index >= 15 is 4.39 Å². The van der Waals surface area contributed by atoms with Crippen LogP contribution in [0.25, 0.3) is 11.0 Å². The van der Waals surface area contributed by atoms with Crippen LogP contribution in [-0.4, -0.2) is 45.2 Å². The third kappa shape index (κ3) is 3.97. The van der Waals surface area contributed by atoms with E-state index in [0.29, 0.717) is 37.6 Å². The fourth-order valence-electron chi connectivity index (χ4n) is 3.47. The van der Waals surface area contributed by atoms with E-state index in [1.807, 2.05) is 44.2 Å². The molecule has 1 N–H and O–H groups in total. The number of hydrogen-bond acceptors (Lipinski definition) is 6. The van der Waals surface area contributed by atoms with E-state index < -0.39 is 5.67 Å². The molecular weight excluding hydrogens is 343 g/mol. The number of aryl methyl sites for hydroxylation is 2. The Morgan fingerprint density at radius 3 is 2.56 bits per heavy atom. The van der Waals surface area contributed by atoms with Crippen molar-refractivity contribution in [2.24, 2.45) is 0 Å². The number of para-hydroxylation sites is 2. The van der Waals surface area contributed by atoms with Crippen molar-refractivity contribution in [1.29, 1.82) is 0 Å². The molecule has 7 heteroatoms. The third-order valence-corrected chi connectivity index (χ3v) is 4.97. The van der Waals surface area contributed by atoms with Gasteiger partial charge in [0.2, 0.25) is 0 Å². The van der Waals surface area contributed by atoms with Crippen LogP contribution in [0.3, 0.4) is 0 Å². The third-order valence-electron chi connectivity index (χ3n) is 4.97. The van der Waals surface area contributed by atoms with Crippen LogP contribution in [0.1, 0.15) is 24.4 Å². The van der Waals surface area contributed by atoms with Gasteiger partial charge in [0, 0.05) is 37.7 Å². The molecule has 27 heavy (non-hydrogen) atoms. The molecule has 3 aromatic rings. The van der Waals surface area contributed by atoms with Crippen molar-refractivity contribution in [3.05, 3.63) is 48.0 Å². The Hall–Kier alpha value is -2.83. The smallest absolute Gasteiger partial charge is 0.147 e. The van der Waals surface area contributed by atoms with Gasteiger partial charge in [-0.25, -0.2) is 19.3 Å². The lowest BCUT2D eigenvalue weighted by molar-refractivity contribution is 0.140. The van der Waals surface area contributed by atoms with Gasteiger partial charge in [-0.15, -0.1) is 0 Å². The molecule has 0 unspecified atom stereocenters. The van der Waals surface area contributed by atoms with Gasteiger partial charge in [0.05, 0.1) is 23.8 Å². The number of fused-ring (bicyclic) bond motifs is 1. The Kier molecular flexibility index (Phi) is 4.59. The van der Waals surface area contributed by atoms with Crippen molar-refractivity contribution in [3.8, 4) is 0 Å². The van der Waals surface area contributed by atoms with Crippen LogP contribution in [0.2, 0.25) is 0 Å². The van der Waals surface area contributed by atoms with E-state index in [9.17, 15) is 0 Å². The second-order valence-electron chi connectivity index (χ2n) is 7.15. The van der Waals surface area contributed by atoms with Crippen molar-refractivity contribution in [3.63, 3.8) is 0 Å². The molecule has 1 aliphatic heterocycles. The van der Waals surface area contributed by atoms with E-state index in [1.165, 1.54) is 0 Å². The van der Waals surface area contributed by atoms with E-state index in [2.05, 4.69) is 30.2 Å². The second kappa shape index (κ2) is 7.06. The van der Waals surface area contributed by atoms with Crippen molar-refractivity contribution < 1.29 is 4.39 Å². The summed E-state index contributed by atoms with van der Waals surface area (Å²) in [6.07, 6.45) is 2.66. The molecule has 4 rings (SSSR count). The summed E-state index contributed by atoms with van der Waals surface area (Å²) >= 11 is 0. The summed E-state index contributed by atoms with van der Waals surface area (Å²) < 4.78 is 15.2. The summed E-state index contributed by atoms with van der Waals surface area (Å²) in [5, 5.41) is 3.14. The molecule has 1 aromatic carbocycles. The Bertz CT molecular complexity index is 932. The van der Waals surface area contributed by atoms with Crippen LogP contribution in [-0.2, 0) is 0 Å². The standard InChI is InChI=1S/C20H23FN6/c1-14-11-18(25-15(2)24-14)23-13-20(21)7-9-27(10-8-20)19-12-22-16-5-3-4-6-17(16)26-19/h3-6,11-12H,7-10,13H2,1-2H3,(H,23,24,25). The van der Waals surface area contributed by atoms with Crippen LogP contribution in [0.5, 0.6) is 0 Å². The molecule has 0 saturated carbocycles. The molecule has 0 bridgehead atoms. The first-order valence-electron chi connectivity index (χ1n) is 9.23. The first-order chi connectivity index (χ1) is 13.0. The highest BCUT2D eigenvalue weighted by Gasteiger charge is 2.35. The number of aromatic nitrogens is 4. The summed E-state index contributed by atoms with van der Waals surface area (Å²) in [4.78, 5) is 19.8. The fraction of sp³-hybridized carbons (Fsp3) is 0.400. The van der Waals surface area contributed by atoms with Gasteiger partial charge in [-0.1, -0.05) is 12.1 Å². The minimum absolute atomic E-state index is 0.250. The monoisotopic (exact) mass is 366 g/mol. The first kappa shape index (κ1) is 17.6. The van der Waals surface area contributed by atoms with Crippen LogP contribution >= 0.6 is 0 Å². The number of benzene rings is 1. The number of anilines is 2. The number of nitrogens with zero attached hydrogens (tertiary/aromatic N) is 5. The average Bonchev–Trinajstić information content (AvgIpc) is 2.66. The zero-order valence-corrected chi connectivity index (χ0v) is 15.6. The van der Waals surface area contributed by atoms with Crippen LogP contribution in [0.4, 0.5) is 16.0 Å². The summed E-state index contributed by atoms with van der Waals surface area (Å²) in [5.41, 5.74) is 1.36. The summed E-state index contributed by atoms with van der Waals surface area (Å²) in [6, 6.07) is 9.63. The largest absolute Gasteiger partial charge is 0.367 e. The number of halogens is 1. The normalized spacial score (nSPS) is 16.5. The predicted molar refractivity (Wildman–Crippen MR) is 105 cm³/mol. The zero-order chi connectivity index (χ0) is 18.9. The lowest BCUT2D eigenvalue weighted by Gasteiger charge is -2.37. The highest BCUT2D eigenvalue weighted by atomic mass is 19.1. The molecule has 0 spiro atoms. The maximum absolute atomic E-state index is 15.2. The summed E-state index contributed by atoms with van der Waals surface area (Å²) in [7, 11) is 0. The Labute approximate surface area is 157 Å². The van der Waals surface area contributed by atoms with E-state index in [1.54, 1.807) is 6.20 Å². The van der Waals surface area contributed by atoms with E-state index in [-0.39, 0.29) is 6.54 Å². The van der Waals surface area contributed by atoms with Gasteiger partial charge in [-0.2, -0.15) is 0 Å². The minimum Gasteiger partial charge on any atom is -0.367 e. The molecule has 140 valence electrons. The highest BCUT2D eigenvalue weighted by molar-refractivity contribution is 5.75. The van der Waals surface area contributed by atoms with Gasteiger partial charge in [-0.05, 0) is 26.0 Å². The topological polar surface area (TPSA) is 66.8 Å². The quantitative estimate of drug-likeness (QED) is 0.763. The van der Waals surface area contributed by atoms with Crippen LogP contribution < -0.4 is 10.2 Å². The molecule has 1 fully saturated rings. The maximum Gasteiger partial charge on any atom is 0.147 e. The fourth-order valence-corrected chi connectivity index (χ4v) is 3.47. The van der Waals surface area contributed by atoms with Crippen molar-refractivity contribution >= 4 is 22.7 Å². The molecule has 0 aliphatic carbocycles. The minimum atomic E-state index is -1.26. The molecule has 1 saturated heterocycles. The average molecular weight is 366 g/mol. The van der Waals surface area contributed by atoms with Gasteiger partial charge in [0.15, 0.2) is 0 Å². The molecule has 0 radical (unpaired) electrons. The molecule has 0 amide bonds. The Morgan fingerprint density at radius 2 is 1.81 bits per heavy atom. The van der Waals surface area contributed by atoms with Gasteiger partial charge < -0.3 is 10.2 Å². The molecule has 0 atom stereocenters. The Balaban J connectivity index is 1.39. The predicted octanol–water partition coefficient (Wildman–Crippen LogP) is 3.46. The maximum atomic E-state index is 15.2. The summed E-state index contributed by atoms with van der Waals surface area (Å²) in [5.74, 6) is 2.18. The summed E-state index contributed by atoms with van der Waals surface area (Å²) in [6.45, 7) is 5.24. The Morgan fingerprint density at radius 1 is 1.07 bits per heavy atom. The van der Waals surface area contributed by atoms with Gasteiger partial charge in [0.1, 0.15) is 23.1 Å². The zero-order valence-electron chi connectivity index (χ0n) is 15.6. The van der Waals surface area contributed by atoms with Crippen molar-refractivity contribution in [2.45, 2.75) is 32.4 Å². The van der Waals surface area contributed by atoms with Crippen LogP contribution in [0, 0.1) is 13.8 Å². The van der Waals surface area contributed by atoms with Crippen molar-refractivity contribution in [1.82, 2.24) is 19.9 Å². The lowest BCUT2D eigenvalue weighted by Crippen LogP contribution is -2.45. The van der Waals surface area contributed by atoms with Crippen LogP contribution in [0.15, 0.2) is 36.5 Å². The van der Waals surface area contributed by atoms with Gasteiger partial charge in [0.25, 0.3) is 0 Å². The lowest BCUT2D eigenvalue weighted by atomic mass is 9.93. The number of alkyl halides is 1. The van der Waals surface area contributed by atoms with E-state index in [4.69, 9.17) is 0 Å². The number of rotatable bonds is 4. The van der Waals surface area contributed by atoms with Gasteiger partial charge >= 0.3 is 0 Å². The molecule has 2 aromatic heterocycles. The van der Waals surface area contributed by atoms with Crippen molar-refractivity contribution in [2.75, 3.05) is 29.9 Å². The number of hydrogen-bond donors (Lipinski definition) is 1. The first-order valence-corrected chi connectivity index (χ1v) is 9.23. The molecule has 3 heterocycles. The molecule has 1 aliphatic rings. The SMILES string of the molecule is Cc1cc(NCC2(F)CCN(c3cnc4ccccc4n3)CC2)nc(C)n1. The second-order valence-corrected chi connectivity index (χ2v) is 7.15. The number of nitrogens with one attached hydrogen (secondary N) is 1.